The molecule has 0 radical (unpaired) electrons. The molecule has 2 unspecified atom stereocenters. The average Bonchev–Trinajstić information content (AvgIpc) is 2.27. The Kier molecular flexibility index (Phi) is 5.07. The van der Waals surface area contributed by atoms with Gasteiger partial charge in [0.15, 0.2) is 0 Å². The molecule has 0 aliphatic rings. The van der Waals surface area contributed by atoms with Gasteiger partial charge in [0.05, 0.1) is 11.7 Å². The summed E-state index contributed by atoms with van der Waals surface area (Å²) < 4.78 is 0.534. The summed E-state index contributed by atoms with van der Waals surface area (Å²) >= 11 is 3.16. The fourth-order valence-corrected chi connectivity index (χ4v) is 1.97. The fraction of sp³-hybridized carbons (Fsp3) is 0.364. The number of halogens is 1. The maximum Gasteiger partial charge on any atom is 0.335 e. The average molecular weight is 304 g/mol. The number of benzene rings is 1. The number of aliphatic hydroxyl groups excluding tert-OH is 2. The normalized spacial score (nSPS) is 14.4. The van der Waals surface area contributed by atoms with E-state index in [1.54, 1.807) is 6.07 Å². The highest BCUT2D eigenvalue weighted by Gasteiger charge is 2.19. The number of carboxylic acids is 1. The van der Waals surface area contributed by atoms with Crippen molar-refractivity contribution in [2.24, 2.45) is 5.73 Å². The second kappa shape index (κ2) is 6.11. The van der Waals surface area contributed by atoms with Gasteiger partial charge in [0, 0.05) is 4.47 Å². The first-order chi connectivity index (χ1) is 7.95. The van der Waals surface area contributed by atoms with Crippen molar-refractivity contribution in [2.45, 2.75) is 18.6 Å². The smallest absolute Gasteiger partial charge is 0.335 e. The van der Waals surface area contributed by atoms with E-state index in [0.29, 0.717) is 10.0 Å². The Balaban J connectivity index is 3.01. The molecule has 0 fully saturated rings. The summed E-state index contributed by atoms with van der Waals surface area (Å²) in [6, 6.07) is 4.32. The van der Waals surface area contributed by atoms with Crippen LogP contribution in [0.5, 0.6) is 0 Å². The van der Waals surface area contributed by atoms with Crippen LogP contribution in [0.1, 0.15) is 28.4 Å². The molecule has 0 aliphatic carbocycles. The second-order valence-corrected chi connectivity index (χ2v) is 4.58. The second-order valence-electron chi connectivity index (χ2n) is 3.67. The highest BCUT2D eigenvalue weighted by molar-refractivity contribution is 9.10. The van der Waals surface area contributed by atoms with Gasteiger partial charge in [-0.25, -0.2) is 4.79 Å². The predicted octanol–water partition coefficient (Wildman–Crippen LogP) is 0.890. The summed E-state index contributed by atoms with van der Waals surface area (Å²) in [6.45, 7) is 0.248. The summed E-state index contributed by atoms with van der Waals surface area (Å²) in [5.41, 5.74) is 5.67. The molecular formula is C11H14BrNO4. The van der Waals surface area contributed by atoms with Crippen LogP contribution in [0.2, 0.25) is 0 Å². The number of aliphatic hydroxyl groups is 2. The molecule has 6 heteroatoms. The van der Waals surface area contributed by atoms with Gasteiger partial charge in [-0.3, -0.25) is 0 Å². The zero-order valence-electron chi connectivity index (χ0n) is 9.01. The number of hydrogen-bond donors (Lipinski definition) is 4. The van der Waals surface area contributed by atoms with Crippen LogP contribution in [-0.4, -0.2) is 33.9 Å². The van der Waals surface area contributed by atoms with E-state index < -0.39 is 18.2 Å². The van der Waals surface area contributed by atoms with Gasteiger partial charge in [0.1, 0.15) is 6.10 Å². The van der Waals surface area contributed by atoms with E-state index in [9.17, 15) is 15.0 Å². The van der Waals surface area contributed by atoms with Crippen molar-refractivity contribution in [2.75, 3.05) is 6.54 Å². The van der Waals surface area contributed by atoms with Crippen molar-refractivity contribution in [1.82, 2.24) is 0 Å². The van der Waals surface area contributed by atoms with Crippen molar-refractivity contribution in [3.05, 3.63) is 33.8 Å². The summed E-state index contributed by atoms with van der Waals surface area (Å²) in [5, 5.41) is 28.3. The summed E-state index contributed by atoms with van der Waals surface area (Å²) in [5.74, 6) is -1.09. The summed E-state index contributed by atoms with van der Waals surface area (Å²) in [4.78, 5) is 10.8. The van der Waals surface area contributed by atoms with Gasteiger partial charge in [0.2, 0.25) is 0 Å². The molecule has 0 amide bonds. The van der Waals surface area contributed by atoms with Gasteiger partial charge in [-0.15, -0.1) is 0 Å². The molecule has 1 aromatic rings. The molecule has 0 saturated heterocycles. The maximum absolute atomic E-state index is 10.8. The van der Waals surface area contributed by atoms with Crippen LogP contribution < -0.4 is 5.73 Å². The first kappa shape index (κ1) is 14.1. The highest BCUT2D eigenvalue weighted by Crippen LogP contribution is 2.24. The van der Waals surface area contributed by atoms with Crippen molar-refractivity contribution in [3.63, 3.8) is 0 Å². The van der Waals surface area contributed by atoms with Crippen LogP contribution in [0.15, 0.2) is 22.7 Å². The summed E-state index contributed by atoms with van der Waals surface area (Å²) in [7, 11) is 0. The minimum Gasteiger partial charge on any atom is -0.478 e. The number of rotatable bonds is 5. The topological polar surface area (TPSA) is 104 Å². The zero-order valence-corrected chi connectivity index (χ0v) is 10.6. The molecule has 5 nitrogen and oxygen atoms in total. The highest BCUT2D eigenvalue weighted by atomic mass is 79.9. The van der Waals surface area contributed by atoms with E-state index >= 15 is 0 Å². The minimum absolute atomic E-state index is 0.0494. The van der Waals surface area contributed by atoms with Crippen molar-refractivity contribution >= 4 is 21.9 Å². The van der Waals surface area contributed by atoms with E-state index in [1.807, 2.05) is 0 Å². The summed E-state index contributed by atoms with van der Waals surface area (Å²) in [6.07, 6.45) is -1.90. The molecule has 17 heavy (non-hydrogen) atoms. The van der Waals surface area contributed by atoms with Crippen molar-refractivity contribution < 1.29 is 20.1 Å². The van der Waals surface area contributed by atoms with Gasteiger partial charge in [-0.05, 0) is 36.7 Å². The molecule has 0 spiro atoms. The molecule has 94 valence electrons. The number of nitrogens with two attached hydrogens (primary N) is 1. The first-order valence-corrected chi connectivity index (χ1v) is 5.85. The maximum atomic E-state index is 10.8. The van der Waals surface area contributed by atoms with Crippen molar-refractivity contribution in [3.8, 4) is 0 Å². The van der Waals surface area contributed by atoms with Crippen LogP contribution in [0.25, 0.3) is 0 Å². The number of carbonyl (C=O) groups is 1. The Bertz CT molecular complexity index is 410. The van der Waals surface area contributed by atoms with Crippen molar-refractivity contribution in [1.29, 1.82) is 0 Å². The Labute approximate surface area is 107 Å². The minimum atomic E-state index is -1.14. The largest absolute Gasteiger partial charge is 0.478 e. The van der Waals surface area contributed by atoms with Gasteiger partial charge in [0.25, 0.3) is 0 Å². The molecule has 1 rings (SSSR count). The zero-order chi connectivity index (χ0) is 13.0. The molecule has 0 bridgehead atoms. The van der Waals surface area contributed by atoms with E-state index in [-0.39, 0.29) is 18.5 Å². The lowest BCUT2D eigenvalue weighted by molar-refractivity contribution is 0.0149. The fourth-order valence-electron chi connectivity index (χ4n) is 1.46. The first-order valence-electron chi connectivity index (χ1n) is 5.05. The Morgan fingerprint density at radius 2 is 2.00 bits per heavy atom. The molecule has 1 aromatic carbocycles. The third kappa shape index (κ3) is 3.78. The van der Waals surface area contributed by atoms with E-state index in [4.69, 9.17) is 10.8 Å². The monoisotopic (exact) mass is 303 g/mol. The lowest BCUT2D eigenvalue weighted by atomic mass is 10.0. The molecular weight excluding hydrogens is 290 g/mol. The molecule has 0 aromatic heterocycles. The quantitative estimate of drug-likeness (QED) is 0.647. The van der Waals surface area contributed by atoms with Crippen LogP contribution in [0, 0.1) is 0 Å². The van der Waals surface area contributed by atoms with E-state index in [2.05, 4.69) is 15.9 Å². The Morgan fingerprint density at radius 1 is 1.35 bits per heavy atom. The molecule has 0 aliphatic heterocycles. The third-order valence-corrected chi connectivity index (χ3v) is 2.79. The van der Waals surface area contributed by atoms with Crippen LogP contribution in [0.3, 0.4) is 0 Å². The van der Waals surface area contributed by atoms with Gasteiger partial charge in [-0.1, -0.05) is 15.9 Å². The lowest BCUT2D eigenvalue weighted by Gasteiger charge is -2.18. The van der Waals surface area contributed by atoms with Crippen LogP contribution in [-0.2, 0) is 0 Å². The van der Waals surface area contributed by atoms with E-state index in [1.165, 1.54) is 12.1 Å². The van der Waals surface area contributed by atoms with E-state index in [0.717, 1.165) is 0 Å². The SMILES string of the molecule is NCCC(O)C(O)c1cc(Br)cc(C(=O)O)c1. The van der Waals surface area contributed by atoms with Gasteiger partial charge in [-0.2, -0.15) is 0 Å². The van der Waals surface area contributed by atoms with Gasteiger partial charge < -0.3 is 21.1 Å². The van der Waals surface area contributed by atoms with Crippen LogP contribution in [0.4, 0.5) is 0 Å². The predicted molar refractivity (Wildman–Crippen MR) is 65.7 cm³/mol. The number of carboxylic acid groups (broad SMARTS) is 1. The number of aromatic carboxylic acids is 1. The van der Waals surface area contributed by atoms with Crippen LogP contribution >= 0.6 is 15.9 Å². The Morgan fingerprint density at radius 3 is 2.53 bits per heavy atom. The lowest BCUT2D eigenvalue weighted by Crippen LogP contribution is -2.22. The standard InChI is InChI=1S/C11H14BrNO4/c12-8-4-6(3-7(5-8)11(16)17)10(15)9(14)1-2-13/h3-5,9-10,14-15H,1-2,13H2,(H,16,17). The molecule has 0 saturated carbocycles. The third-order valence-electron chi connectivity index (χ3n) is 2.34. The Hall–Kier alpha value is -0.950. The molecule has 2 atom stereocenters. The number of hydrogen-bond acceptors (Lipinski definition) is 4. The van der Waals surface area contributed by atoms with Gasteiger partial charge >= 0.3 is 5.97 Å². The molecule has 5 N–H and O–H groups in total. The molecule has 0 heterocycles.